The third-order valence-electron chi connectivity index (χ3n) is 4.11. The van der Waals surface area contributed by atoms with Crippen LogP contribution < -0.4 is 16.4 Å². The standard InChI is InChI=1S/C22H19N3O3/c1-14-3-2-4-17(13-14)22(28)25-19-11-7-16(8-12-19)21(27)24-18-9-5-15(6-10-18)20(23)26/h2-13H,1H3,(H2,23,26)(H,24,27)(H,25,28). The predicted octanol–water partition coefficient (Wildman–Crippen LogP) is 3.60. The van der Waals surface area contributed by atoms with Crippen molar-refractivity contribution in [3.63, 3.8) is 0 Å². The molecule has 4 N–H and O–H groups in total. The normalized spacial score (nSPS) is 10.2. The fourth-order valence-corrected chi connectivity index (χ4v) is 2.62. The molecular weight excluding hydrogens is 354 g/mol. The Morgan fingerprint density at radius 2 is 1.18 bits per heavy atom. The maximum absolute atomic E-state index is 12.3. The van der Waals surface area contributed by atoms with E-state index in [1.54, 1.807) is 60.7 Å². The van der Waals surface area contributed by atoms with E-state index >= 15 is 0 Å². The Balaban J connectivity index is 1.64. The molecule has 0 saturated carbocycles. The number of aryl methyl sites for hydroxylation is 1. The van der Waals surface area contributed by atoms with E-state index in [1.807, 2.05) is 19.1 Å². The molecule has 0 atom stereocenters. The number of primary amides is 1. The highest BCUT2D eigenvalue weighted by Crippen LogP contribution is 2.15. The predicted molar refractivity (Wildman–Crippen MR) is 108 cm³/mol. The van der Waals surface area contributed by atoms with Crippen molar-refractivity contribution >= 4 is 29.1 Å². The summed E-state index contributed by atoms with van der Waals surface area (Å²) in [7, 11) is 0. The molecule has 0 aliphatic rings. The minimum Gasteiger partial charge on any atom is -0.366 e. The van der Waals surface area contributed by atoms with E-state index < -0.39 is 5.91 Å². The molecule has 3 rings (SSSR count). The van der Waals surface area contributed by atoms with Crippen LogP contribution in [0.5, 0.6) is 0 Å². The largest absolute Gasteiger partial charge is 0.366 e. The molecule has 3 aromatic rings. The van der Waals surface area contributed by atoms with Gasteiger partial charge in [0.1, 0.15) is 0 Å². The number of carbonyl (C=O) groups is 3. The maximum atomic E-state index is 12.3. The second-order valence-corrected chi connectivity index (χ2v) is 6.30. The second kappa shape index (κ2) is 8.18. The number of nitrogens with one attached hydrogen (secondary N) is 2. The van der Waals surface area contributed by atoms with Gasteiger partial charge in [-0.2, -0.15) is 0 Å². The third-order valence-corrected chi connectivity index (χ3v) is 4.11. The fraction of sp³-hybridized carbons (Fsp3) is 0.0455. The highest BCUT2D eigenvalue weighted by molar-refractivity contribution is 6.06. The van der Waals surface area contributed by atoms with Crippen molar-refractivity contribution in [3.05, 3.63) is 95.1 Å². The van der Waals surface area contributed by atoms with Crippen LogP contribution in [0.25, 0.3) is 0 Å². The summed E-state index contributed by atoms with van der Waals surface area (Å²) in [5, 5.41) is 5.54. The van der Waals surface area contributed by atoms with Crippen molar-refractivity contribution in [2.24, 2.45) is 5.73 Å². The monoisotopic (exact) mass is 373 g/mol. The minimum atomic E-state index is -0.527. The average molecular weight is 373 g/mol. The molecule has 0 heterocycles. The smallest absolute Gasteiger partial charge is 0.255 e. The third kappa shape index (κ3) is 4.62. The molecule has 6 heteroatoms. The maximum Gasteiger partial charge on any atom is 0.255 e. The molecular formula is C22H19N3O3. The van der Waals surface area contributed by atoms with Crippen LogP contribution >= 0.6 is 0 Å². The highest BCUT2D eigenvalue weighted by atomic mass is 16.2. The molecule has 28 heavy (non-hydrogen) atoms. The number of hydrogen-bond acceptors (Lipinski definition) is 3. The first-order chi connectivity index (χ1) is 13.4. The zero-order valence-corrected chi connectivity index (χ0v) is 15.2. The van der Waals surface area contributed by atoms with Gasteiger partial charge in [0.25, 0.3) is 11.8 Å². The molecule has 0 bridgehead atoms. The molecule has 0 fully saturated rings. The number of carbonyl (C=O) groups excluding carboxylic acids is 3. The Bertz CT molecular complexity index is 1030. The van der Waals surface area contributed by atoms with Crippen LogP contribution in [0.2, 0.25) is 0 Å². The van der Waals surface area contributed by atoms with Crippen molar-refractivity contribution in [1.29, 1.82) is 0 Å². The molecule has 0 aromatic heterocycles. The summed E-state index contributed by atoms with van der Waals surface area (Å²) in [6.07, 6.45) is 0. The van der Waals surface area contributed by atoms with Gasteiger partial charge in [0.2, 0.25) is 5.91 Å². The average Bonchev–Trinajstić information content (AvgIpc) is 2.69. The number of rotatable bonds is 5. The van der Waals surface area contributed by atoms with Crippen LogP contribution in [-0.4, -0.2) is 17.7 Å². The van der Waals surface area contributed by atoms with Crippen LogP contribution in [0.4, 0.5) is 11.4 Å². The van der Waals surface area contributed by atoms with Gasteiger partial charge in [-0.1, -0.05) is 17.7 Å². The number of anilines is 2. The van der Waals surface area contributed by atoms with Gasteiger partial charge < -0.3 is 16.4 Å². The number of amides is 3. The number of benzene rings is 3. The van der Waals surface area contributed by atoms with E-state index in [1.165, 1.54) is 0 Å². The van der Waals surface area contributed by atoms with E-state index in [2.05, 4.69) is 10.6 Å². The first kappa shape index (κ1) is 18.8. The lowest BCUT2D eigenvalue weighted by Crippen LogP contribution is -2.14. The molecule has 0 saturated heterocycles. The fourth-order valence-electron chi connectivity index (χ4n) is 2.62. The molecule has 6 nitrogen and oxygen atoms in total. The first-order valence-corrected chi connectivity index (χ1v) is 8.62. The zero-order valence-electron chi connectivity index (χ0n) is 15.2. The van der Waals surface area contributed by atoms with Crippen LogP contribution in [0.1, 0.15) is 36.6 Å². The molecule has 3 amide bonds. The minimum absolute atomic E-state index is 0.213. The lowest BCUT2D eigenvalue weighted by Gasteiger charge is -2.08. The van der Waals surface area contributed by atoms with Crippen molar-refractivity contribution in [3.8, 4) is 0 Å². The Kier molecular flexibility index (Phi) is 5.50. The van der Waals surface area contributed by atoms with Crippen LogP contribution in [-0.2, 0) is 0 Å². The van der Waals surface area contributed by atoms with E-state index in [4.69, 9.17) is 5.73 Å². The molecule has 0 unspecified atom stereocenters. The van der Waals surface area contributed by atoms with Gasteiger partial charge in [-0.15, -0.1) is 0 Å². The summed E-state index contributed by atoms with van der Waals surface area (Å²) in [4.78, 5) is 35.7. The van der Waals surface area contributed by atoms with Crippen LogP contribution in [0.15, 0.2) is 72.8 Å². The van der Waals surface area contributed by atoms with E-state index in [0.29, 0.717) is 28.1 Å². The van der Waals surface area contributed by atoms with Crippen molar-refractivity contribution in [2.45, 2.75) is 6.92 Å². The van der Waals surface area contributed by atoms with Gasteiger partial charge in [-0.3, -0.25) is 14.4 Å². The van der Waals surface area contributed by atoms with E-state index in [-0.39, 0.29) is 11.8 Å². The molecule has 0 radical (unpaired) electrons. The van der Waals surface area contributed by atoms with Crippen LogP contribution in [0.3, 0.4) is 0 Å². The molecule has 3 aromatic carbocycles. The van der Waals surface area contributed by atoms with Gasteiger partial charge in [0.15, 0.2) is 0 Å². The van der Waals surface area contributed by atoms with Crippen molar-refractivity contribution in [2.75, 3.05) is 10.6 Å². The summed E-state index contributed by atoms with van der Waals surface area (Å²) in [5.74, 6) is -1.04. The quantitative estimate of drug-likeness (QED) is 0.637. The zero-order chi connectivity index (χ0) is 20.1. The SMILES string of the molecule is Cc1cccc(C(=O)Nc2ccc(C(=O)Nc3ccc(C(N)=O)cc3)cc2)c1. The van der Waals surface area contributed by atoms with E-state index in [0.717, 1.165) is 5.56 Å². The Labute approximate surface area is 162 Å². The van der Waals surface area contributed by atoms with Crippen molar-refractivity contribution in [1.82, 2.24) is 0 Å². The Morgan fingerprint density at radius 3 is 1.68 bits per heavy atom. The van der Waals surface area contributed by atoms with Crippen LogP contribution in [0, 0.1) is 6.92 Å². The summed E-state index contributed by atoms with van der Waals surface area (Å²) in [6, 6.07) is 20.2. The van der Waals surface area contributed by atoms with Crippen molar-refractivity contribution < 1.29 is 14.4 Å². The van der Waals surface area contributed by atoms with Gasteiger partial charge in [-0.25, -0.2) is 0 Å². The molecule has 0 aliphatic carbocycles. The first-order valence-electron chi connectivity index (χ1n) is 8.62. The summed E-state index contributed by atoms with van der Waals surface area (Å²) < 4.78 is 0. The molecule has 140 valence electrons. The second-order valence-electron chi connectivity index (χ2n) is 6.30. The lowest BCUT2D eigenvalue weighted by atomic mass is 10.1. The number of nitrogens with two attached hydrogens (primary N) is 1. The molecule has 0 aliphatic heterocycles. The van der Waals surface area contributed by atoms with Gasteiger partial charge in [0, 0.05) is 28.1 Å². The Morgan fingerprint density at radius 1 is 0.679 bits per heavy atom. The summed E-state index contributed by atoms with van der Waals surface area (Å²) >= 11 is 0. The highest BCUT2D eigenvalue weighted by Gasteiger charge is 2.09. The summed E-state index contributed by atoms with van der Waals surface area (Å²) in [5.41, 5.74) is 8.71. The van der Waals surface area contributed by atoms with E-state index in [9.17, 15) is 14.4 Å². The topological polar surface area (TPSA) is 101 Å². The number of hydrogen-bond donors (Lipinski definition) is 3. The van der Waals surface area contributed by atoms with Gasteiger partial charge in [-0.05, 0) is 67.6 Å². The Hall–Kier alpha value is -3.93. The molecule has 0 spiro atoms. The summed E-state index contributed by atoms with van der Waals surface area (Å²) in [6.45, 7) is 1.92. The lowest BCUT2D eigenvalue weighted by molar-refractivity contribution is 0.0996. The van der Waals surface area contributed by atoms with Gasteiger partial charge in [0.05, 0.1) is 0 Å². The van der Waals surface area contributed by atoms with Gasteiger partial charge >= 0.3 is 0 Å².